The molecule has 0 aliphatic heterocycles. The average Bonchev–Trinajstić information content (AvgIpc) is 2.38. The summed E-state index contributed by atoms with van der Waals surface area (Å²) in [6, 6.07) is 0. The predicted octanol–water partition coefficient (Wildman–Crippen LogP) is 2.11. The molecular weight excluding hydrogens is 341 g/mol. The maximum absolute atomic E-state index is 12.5. The molecule has 0 fully saturated rings. The number of nitrogens with zero attached hydrogens (tertiary/aromatic N) is 2. The van der Waals surface area contributed by atoms with Gasteiger partial charge in [-0.05, 0) is 19.4 Å². The van der Waals surface area contributed by atoms with E-state index >= 15 is 0 Å². The molecule has 0 radical (unpaired) electrons. The number of rotatable bonds is 4. The third kappa shape index (κ3) is 4.30. The lowest BCUT2D eigenvalue weighted by Gasteiger charge is -2.16. The third-order valence-corrected chi connectivity index (χ3v) is 3.07. The molecule has 1 heterocycles. The van der Waals surface area contributed by atoms with Crippen LogP contribution in [0.25, 0.3) is 0 Å². The van der Waals surface area contributed by atoms with Gasteiger partial charge in [0.2, 0.25) is 9.58 Å². The molecule has 114 valence electrons. The summed E-state index contributed by atoms with van der Waals surface area (Å²) >= 11 is 17.0. The van der Waals surface area contributed by atoms with Crippen molar-refractivity contribution in [3.05, 3.63) is 34.8 Å². The quantitative estimate of drug-likeness (QED) is 0.223. The van der Waals surface area contributed by atoms with Gasteiger partial charge >= 0.3 is 5.97 Å². The van der Waals surface area contributed by atoms with Crippen LogP contribution in [0.4, 0.5) is 0 Å². The van der Waals surface area contributed by atoms with Gasteiger partial charge < -0.3 is 10.5 Å². The van der Waals surface area contributed by atoms with Crippen LogP contribution in [0, 0.1) is 6.92 Å². The highest BCUT2D eigenvalue weighted by Gasteiger charge is 2.35. The van der Waals surface area contributed by atoms with Crippen molar-refractivity contribution in [1.29, 1.82) is 0 Å². The van der Waals surface area contributed by atoms with Crippen molar-refractivity contribution in [3.63, 3.8) is 0 Å². The van der Waals surface area contributed by atoms with Crippen LogP contribution in [0.1, 0.15) is 22.8 Å². The first-order valence-corrected chi connectivity index (χ1v) is 6.89. The van der Waals surface area contributed by atoms with E-state index in [1.807, 2.05) is 0 Å². The van der Waals surface area contributed by atoms with Crippen molar-refractivity contribution in [2.75, 3.05) is 6.61 Å². The number of halogens is 3. The lowest BCUT2D eigenvalue weighted by molar-refractivity contribution is -0.138. The van der Waals surface area contributed by atoms with Gasteiger partial charge in [0, 0.05) is 5.56 Å². The van der Waals surface area contributed by atoms with E-state index < -0.39 is 26.8 Å². The van der Waals surface area contributed by atoms with Crippen molar-refractivity contribution in [2.24, 2.45) is 5.73 Å². The van der Waals surface area contributed by atoms with Gasteiger partial charge in [0.05, 0.1) is 24.7 Å². The first-order chi connectivity index (χ1) is 9.70. The molecule has 0 aliphatic rings. The standard InChI is InChI=1S/C12H12Cl3N3O3/c1-3-21-11(20)8(10(16)12(13,14)15)9(19)7-5-18-17-4-6(7)2/h4-5H,3,16H2,1-2H3/b10-8-. The number of ketones is 1. The number of carbonyl (C=O) groups is 2. The Hall–Kier alpha value is -1.37. The van der Waals surface area contributed by atoms with Crippen LogP contribution < -0.4 is 5.73 Å². The van der Waals surface area contributed by atoms with E-state index in [-0.39, 0.29) is 12.2 Å². The van der Waals surface area contributed by atoms with Crippen molar-refractivity contribution >= 4 is 46.6 Å². The minimum absolute atomic E-state index is 0.0380. The van der Waals surface area contributed by atoms with Crippen LogP contribution in [0.3, 0.4) is 0 Å². The molecule has 0 saturated heterocycles. The number of alkyl halides is 3. The zero-order valence-corrected chi connectivity index (χ0v) is 13.5. The van der Waals surface area contributed by atoms with Crippen LogP contribution in [0.15, 0.2) is 23.7 Å². The second kappa shape index (κ2) is 7.06. The van der Waals surface area contributed by atoms with Gasteiger partial charge in [0.15, 0.2) is 0 Å². The number of aromatic nitrogens is 2. The van der Waals surface area contributed by atoms with Gasteiger partial charge in [-0.1, -0.05) is 34.8 Å². The summed E-state index contributed by atoms with van der Waals surface area (Å²) in [6.45, 7) is 3.23. The highest BCUT2D eigenvalue weighted by atomic mass is 35.6. The van der Waals surface area contributed by atoms with Crippen molar-refractivity contribution < 1.29 is 14.3 Å². The number of hydrogen-bond acceptors (Lipinski definition) is 6. The number of hydrogen-bond donors (Lipinski definition) is 1. The second-order valence-electron chi connectivity index (χ2n) is 3.92. The van der Waals surface area contributed by atoms with Gasteiger partial charge in [0.1, 0.15) is 5.57 Å². The Morgan fingerprint density at radius 3 is 2.33 bits per heavy atom. The van der Waals surface area contributed by atoms with Gasteiger partial charge in [-0.2, -0.15) is 10.2 Å². The molecule has 1 rings (SSSR count). The molecule has 1 aromatic rings. The number of nitrogens with two attached hydrogens (primary N) is 1. The molecular formula is C12H12Cl3N3O3. The molecule has 0 atom stereocenters. The van der Waals surface area contributed by atoms with E-state index in [9.17, 15) is 9.59 Å². The summed E-state index contributed by atoms with van der Waals surface area (Å²) in [5.41, 5.74) is 5.21. The zero-order valence-electron chi connectivity index (χ0n) is 11.2. The summed E-state index contributed by atoms with van der Waals surface area (Å²) in [6.07, 6.45) is 2.56. The number of allylic oxidation sites excluding steroid dienone is 1. The number of esters is 1. The van der Waals surface area contributed by atoms with Crippen LogP contribution in [0.2, 0.25) is 0 Å². The summed E-state index contributed by atoms with van der Waals surface area (Å²) < 4.78 is 2.67. The normalized spacial score (nSPS) is 12.6. The molecule has 0 saturated carbocycles. The summed E-state index contributed by atoms with van der Waals surface area (Å²) in [7, 11) is 0. The largest absolute Gasteiger partial charge is 0.462 e. The van der Waals surface area contributed by atoms with Crippen LogP contribution >= 0.6 is 34.8 Å². The lowest BCUT2D eigenvalue weighted by Crippen LogP contribution is -2.28. The molecule has 1 aromatic heterocycles. The summed E-state index contributed by atoms with van der Waals surface area (Å²) in [4.78, 5) is 24.5. The number of aryl methyl sites for hydroxylation is 1. The third-order valence-electron chi connectivity index (χ3n) is 2.46. The van der Waals surface area contributed by atoms with Crippen molar-refractivity contribution in [3.8, 4) is 0 Å². The topological polar surface area (TPSA) is 95.2 Å². The smallest absolute Gasteiger partial charge is 0.344 e. The van der Waals surface area contributed by atoms with E-state index in [2.05, 4.69) is 10.2 Å². The number of ether oxygens (including phenoxy) is 1. The van der Waals surface area contributed by atoms with E-state index in [1.165, 1.54) is 12.4 Å². The fraction of sp³-hybridized carbons (Fsp3) is 0.333. The molecule has 0 unspecified atom stereocenters. The molecule has 0 spiro atoms. The Balaban J connectivity index is 3.43. The van der Waals surface area contributed by atoms with Crippen LogP contribution in [0.5, 0.6) is 0 Å². The Labute approximate surface area is 136 Å². The Morgan fingerprint density at radius 2 is 1.86 bits per heavy atom. The predicted molar refractivity (Wildman–Crippen MR) is 79.2 cm³/mol. The lowest BCUT2D eigenvalue weighted by atomic mass is 10.0. The molecule has 9 heteroatoms. The fourth-order valence-electron chi connectivity index (χ4n) is 1.42. The first kappa shape index (κ1) is 17.7. The average molecular weight is 353 g/mol. The molecule has 0 amide bonds. The summed E-state index contributed by atoms with van der Waals surface area (Å²) in [5, 5.41) is 7.21. The SMILES string of the molecule is CCOC(=O)/C(C(=O)c1cnncc1C)=C(\N)C(Cl)(Cl)Cl. The van der Waals surface area contributed by atoms with E-state index in [4.69, 9.17) is 45.3 Å². The molecule has 0 aliphatic carbocycles. The molecule has 0 aromatic carbocycles. The monoisotopic (exact) mass is 351 g/mol. The Bertz CT molecular complexity index is 597. The van der Waals surface area contributed by atoms with E-state index in [0.717, 1.165) is 0 Å². The van der Waals surface area contributed by atoms with Crippen LogP contribution in [-0.4, -0.2) is 32.3 Å². The Morgan fingerprint density at radius 1 is 1.29 bits per heavy atom. The maximum Gasteiger partial charge on any atom is 0.344 e. The number of Topliss-reactive ketones (excluding diaryl/α,β-unsaturated/α-hetero) is 1. The molecule has 21 heavy (non-hydrogen) atoms. The Kier molecular flexibility index (Phi) is 5.95. The van der Waals surface area contributed by atoms with Crippen molar-refractivity contribution in [2.45, 2.75) is 17.6 Å². The van der Waals surface area contributed by atoms with Gasteiger partial charge in [-0.15, -0.1) is 0 Å². The minimum atomic E-state index is -2.12. The van der Waals surface area contributed by atoms with Gasteiger partial charge in [-0.25, -0.2) is 4.79 Å². The van der Waals surface area contributed by atoms with E-state index in [0.29, 0.717) is 5.56 Å². The van der Waals surface area contributed by atoms with Gasteiger partial charge in [0.25, 0.3) is 0 Å². The van der Waals surface area contributed by atoms with E-state index in [1.54, 1.807) is 13.8 Å². The summed E-state index contributed by atoms with van der Waals surface area (Å²) in [5.74, 6) is -1.72. The second-order valence-corrected chi connectivity index (χ2v) is 6.20. The fourth-order valence-corrected chi connectivity index (χ4v) is 1.71. The van der Waals surface area contributed by atoms with Gasteiger partial charge in [-0.3, -0.25) is 4.79 Å². The maximum atomic E-state index is 12.5. The highest BCUT2D eigenvalue weighted by molar-refractivity contribution is 6.69. The minimum Gasteiger partial charge on any atom is -0.462 e. The van der Waals surface area contributed by atoms with Crippen molar-refractivity contribution in [1.82, 2.24) is 10.2 Å². The van der Waals surface area contributed by atoms with Crippen LogP contribution in [-0.2, 0) is 9.53 Å². The molecule has 0 bridgehead atoms. The molecule has 2 N–H and O–H groups in total. The number of carbonyl (C=O) groups excluding carboxylic acids is 2. The molecule has 6 nitrogen and oxygen atoms in total. The highest BCUT2D eigenvalue weighted by Crippen LogP contribution is 2.34. The first-order valence-electron chi connectivity index (χ1n) is 5.76. The zero-order chi connectivity index (χ0) is 16.2.